The van der Waals surface area contributed by atoms with Crippen molar-refractivity contribution in [2.75, 3.05) is 39.8 Å². The first-order valence-corrected chi connectivity index (χ1v) is 8.96. The van der Waals surface area contributed by atoms with Crippen molar-refractivity contribution in [1.82, 2.24) is 30.1 Å². The second-order valence-corrected chi connectivity index (χ2v) is 6.65. The van der Waals surface area contributed by atoms with E-state index in [-0.39, 0.29) is 5.91 Å². The zero-order valence-electron chi connectivity index (χ0n) is 15.3. The van der Waals surface area contributed by atoms with Crippen molar-refractivity contribution in [2.45, 2.75) is 13.0 Å². The van der Waals surface area contributed by atoms with E-state index < -0.39 is 0 Å². The van der Waals surface area contributed by atoms with Crippen LogP contribution in [-0.4, -0.2) is 70.5 Å². The van der Waals surface area contributed by atoms with Gasteiger partial charge >= 0.3 is 0 Å². The van der Waals surface area contributed by atoms with E-state index in [9.17, 15) is 4.79 Å². The van der Waals surface area contributed by atoms with Crippen LogP contribution in [0.1, 0.15) is 11.3 Å². The fraction of sp³-hybridized carbons (Fsp3) is 0.421. The first-order valence-electron chi connectivity index (χ1n) is 8.96. The predicted molar refractivity (Wildman–Crippen MR) is 101 cm³/mol. The van der Waals surface area contributed by atoms with Crippen LogP contribution in [0.15, 0.2) is 43.1 Å². The second kappa shape index (κ2) is 8.73. The molecule has 1 aliphatic rings. The predicted octanol–water partition coefficient (Wildman–Crippen LogP) is 0.859. The number of hydrogen-bond donors (Lipinski definition) is 1. The Morgan fingerprint density at radius 1 is 1.23 bits per heavy atom. The maximum absolute atomic E-state index is 11.1. The lowest BCUT2D eigenvalue weighted by Crippen LogP contribution is -2.43. The molecular formula is C19H26N6O. The van der Waals surface area contributed by atoms with Crippen molar-refractivity contribution >= 4 is 5.91 Å². The van der Waals surface area contributed by atoms with Crippen molar-refractivity contribution in [2.24, 2.45) is 0 Å². The van der Waals surface area contributed by atoms with Gasteiger partial charge in [-0.25, -0.2) is 4.68 Å². The minimum Gasteiger partial charge on any atom is -0.352 e. The number of amides is 1. The number of nitrogens with one attached hydrogen (secondary N) is 1. The summed E-state index contributed by atoms with van der Waals surface area (Å²) in [5, 5.41) is 11.3. The van der Waals surface area contributed by atoms with Crippen LogP contribution in [0, 0.1) is 0 Å². The first-order chi connectivity index (χ1) is 12.6. The van der Waals surface area contributed by atoms with Crippen molar-refractivity contribution in [3.05, 3.63) is 54.4 Å². The van der Waals surface area contributed by atoms with Crippen LogP contribution in [0.3, 0.4) is 0 Å². The molecule has 0 saturated carbocycles. The summed E-state index contributed by atoms with van der Waals surface area (Å²) in [6.45, 7) is 9.22. The van der Waals surface area contributed by atoms with Crippen molar-refractivity contribution < 1.29 is 4.79 Å². The maximum Gasteiger partial charge on any atom is 0.243 e. The summed E-state index contributed by atoms with van der Waals surface area (Å²) < 4.78 is 1.81. The van der Waals surface area contributed by atoms with Gasteiger partial charge in [0.2, 0.25) is 5.91 Å². The summed E-state index contributed by atoms with van der Waals surface area (Å²) in [5.74, 6) is -0.142. The fourth-order valence-electron chi connectivity index (χ4n) is 2.95. The number of hydrogen-bond acceptors (Lipinski definition) is 5. The summed E-state index contributed by atoms with van der Waals surface area (Å²) in [6.07, 6.45) is 4.07. The van der Waals surface area contributed by atoms with Crippen molar-refractivity contribution in [3.8, 4) is 5.69 Å². The molecule has 26 heavy (non-hydrogen) atoms. The molecule has 0 spiro atoms. The summed E-state index contributed by atoms with van der Waals surface area (Å²) in [6, 6.07) is 8.16. The lowest BCUT2D eigenvalue weighted by atomic mass is 10.1. The molecule has 0 aliphatic carbocycles. The van der Waals surface area contributed by atoms with Crippen LogP contribution < -0.4 is 5.32 Å². The SMILES string of the molecule is C=CC(=O)NCCc1ccc(-n2cc(CN3CCN(C)CC3)nn2)cc1. The van der Waals surface area contributed by atoms with Gasteiger partial charge in [-0.2, -0.15) is 0 Å². The molecule has 1 fully saturated rings. The topological polar surface area (TPSA) is 66.3 Å². The third-order valence-corrected chi connectivity index (χ3v) is 4.62. The number of nitrogens with zero attached hydrogens (tertiary/aromatic N) is 5. The third-order valence-electron chi connectivity index (χ3n) is 4.62. The molecular weight excluding hydrogens is 328 g/mol. The van der Waals surface area contributed by atoms with Gasteiger partial charge in [0.05, 0.1) is 17.6 Å². The number of likely N-dealkylation sites (N-methyl/N-ethyl adjacent to an activating group) is 1. The van der Waals surface area contributed by atoms with Crippen LogP contribution in [0.25, 0.3) is 5.69 Å². The third kappa shape index (κ3) is 5.00. The van der Waals surface area contributed by atoms with Crippen LogP contribution >= 0.6 is 0 Å². The Bertz CT molecular complexity index is 731. The second-order valence-electron chi connectivity index (χ2n) is 6.65. The lowest BCUT2D eigenvalue weighted by Gasteiger charge is -2.31. The molecule has 1 amide bonds. The van der Waals surface area contributed by atoms with E-state index in [2.05, 4.69) is 51.2 Å². The van der Waals surface area contributed by atoms with Gasteiger partial charge in [-0.05, 0) is 37.2 Å². The lowest BCUT2D eigenvalue weighted by molar-refractivity contribution is -0.116. The largest absolute Gasteiger partial charge is 0.352 e. The summed E-state index contributed by atoms with van der Waals surface area (Å²) in [4.78, 5) is 15.9. The van der Waals surface area contributed by atoms with Crippen LogP contribution in [0.4, 0.5) is 0 Å². The standard InChI is InChI=1S/C19H26N6O/c1-3-19(26)20-9-8-16-4-6-18(7-5-16)25-15-17(21-22-25)14-24-12-10-23(2)11-13-24/h3-7,15H,1,8-14H2,2H3,(H,20,26). The normalized spacial score (nSPS) is 15.7. The molecule has 0 unspecified atom stereocenters. The Kier molecular flexibility index (Phi) is 6.14. The Hall–Kier alpha value is -2.51. The number of carbonyl (C=O) groups excluding carboxylic acids is 1. The average Bonchev–Trinajstić information content (AvgIpc) is 3.12. The van der Waals surface area contributed by atoms with E-state index in [1.807, 2.05) is 23.0 Å². The van der Waals surface area contributed by atoms with Crippen LogP contribution in [-0.2, 0) is 17.8 Å². The van der Waals surface area contributed by atoms with E-state index in [1.54, 1.807) is 0 Å². The molecule has 0 atom stereocenters. The minimum absolute atomic E-state index is 0.142. The molecule has 138 valence electrons. The van der Waals surface area contributed by atoms with Crippen LogP contribution in [0.5, 0.6) is 0 Å². The van der Waals surface area contributed by atoms with Gasteiger partial charge in [-0.1, -0.05) is 23.9 Å². The van der Waals surface area contributed by atoms with Gasteiger partial charge in [0.15, 0.2) is 0 Å². The van der Waals surface area contributed by atoms with Crippen LogP contribution in [0.2, 0.25) is 0 Å². The molecule has 1 aliphatic heterocycles. The molecule has 7 nitrogen and oxygen atoms in total. The molecule has 1 aromatic heterocycles. The highest BCUT2D eigenvalue weighted by Crippen LogP contribution is 2.11. The van der Waals surface area contributed by atoms with Gasteiger partial charge in [0.25, 0.3) is 0 Å². The van der Waals surface area contributed by atoms with E-state index in [0.717, 1.165) is 56.1 Å². The highest BCUT2D eigenvalue weighted by Gasteiger charge is 2.15. The number of piperazine rings is 1. The van der Waals surface area contributed by atoms with Gasteiger partial charge < -0.3 is 10.2 Å². The van der Waals surface area contributed by atoms with Crippen molar-refractivity contribution in [3.63, 3.8) is 0 Å². The number of rotatable bonds is 7. The van der Waals surface area contributed by atoms with Crippen molar-refractivity contribution in [1.29, 1.82) is 0 Å². The zero-order valence-corrected chi connectivity index (χ0v) is 15.3. The van der Waals surface area contributed by atoms with E-state index in [4.69, 9.17) is 0 Å². The number of aromatic nitrogens is 3. The number of carbonyl (C=O) groups is 1. The molecule has 2 aromatic rings. The van der Waals surface area contributed by atoms with Gasteiger partial charge in [0, 0.05) is 39.3 Å². The Balaban J connectivity index is 1.53. The van der Waals surface area contributed by atoms with E-state index in [1.165, 1.54) is 6.08 Å². The highest BCUT2D eigenvalue weighted by atomic mass is 16.1. The molecule has 3 rings (SSSR count). The fourth-order valence-corrected chi connectivity index (χ4v) is 2.95. The number of benzene rings is 1. The quantitative estimate of drug-likeness (QED) is 0.747. The molecule has 0 bridgehead atoms. The van der Waals surface area contributed by atoms with E-state index >= 15 is 0 Å². The minimum atomic E-state index is -0.142. The summed E-state index contributed by atoms with van der Waals surface area (Å²) in [7, 11) is 2.16. The molecule has 7 heteroatoms. The van der Waals surface area contributed by atoms with E-state index in [0.29, 0.717) is 6.54 Å². The molecule has 1 aromatic carbocycles. The van der Waals surface area contributed by atoms with Gasteiger partial charge in [-0.15, -0.1) is 5.10 Å². The molecule has 1 N–H and O–H groups in total. The average molecular weight is 354 g/mol. The molecule has 1 saturated heterocycles. The maximum atomic E-state index is 11.1. The Morgan fingerprint density at radius 3 is 2.65 bits per heavy atom. The first kappa shape index (κ1) is 18.3. The van der Waals surface area contributed by atoms with Gasteiger partial charge in [-0.3, -0.25) is 9.69 Å². The summed E-state index contributed by atoms with van der Waals surface area (Å²) >= 11 is 0. The Morgan fingerprint density at radius 2 is 1.96 bits per heavy atom. The smallest absolute Gasteiger partial charge is 0.243 e. The monoisotopic (exact) mass is 354 g/mol. The zero-order chi connectivity index (χ0) is 18.4. The molecule has 2 heterocycles. The summed E-state index contributed by atoms with van der Waals surface area (Å²) in [5.41, 5.74) is 3.14. The van der Waals surface area contributed by atoms with Gasteiger partial charge in [0.1, 0.15) is 0 Å². The highest BCUT2D eigenvalue weighted by molar-refractivity contribution is 5.86. The Labute approximate surface area is 154 Å². The molecule has 0 radical (unpaired) electrons.